The molecule has 0 heterocycles. The molecule has 0 bridgehead atoms. The fourth-order valence-electron chi connectivity index (χ4n) is 0.789. The Kier molecular flexibility index (Phi) is 4.37. The van der Waals surface area contributed by atoms with Gasteiger partial charge in [0.15, 0.2) is 9.04 Å². The smallest absolute Gasteiger partial charge is 0.404 e. The van der Waals surface area contributed by atoms with Crippen LogP contribution < -0.4 is 0 Å². The molecule has 98 valence electrons. The molecule has 10 heteroatoms. The van der Waals surface area contributed by atoms with Crippen LogP contribution in [-0.2, 0) is 4.43 Å². The van der Waals surface area contributed by atoms with E-state index in [4.69, 9.17) is 0 Å². The first kappa shape index (κ1) is 15.6. The maximum absolute atomic E-state index is 12.5. The van der Waals surface area contributed by atoms with E-state index in [1.54, 1.807) is 0 Å². The van der Waals surface area contributed by atoms with E-state index in [0.717, 1.165) is 13.1 Å². The first-order valence-corrected chi connectivity index (χ1v) is 6.75. The predicted octanol–water partition coefficient (Wildman–Crippen LogP) is 3.11. The minimum atomic E-state index is -6.30. The minimum absolute atomic E-state index is 1.06. The van der Waals surface area contributed by atoms with E-state index in [1.807, 2.05) is 0 Å². The van der Waals surface area contributed by atoms with Gasteiger partial charge < -0.3 is 4.43 Å². The highest BCUT2D eigenvalue weighted by atomic mass is 28.3. The molecule has 0 fully saturated rings. The van der Waals surface area contributed by atoms with Gasteiger partial charge in [-0.2, -0.15) is 35.1 Å². The third kappa shape index (κ3) is 3.58. The molecule has 0 aromatic rings. The molecule has 0 saturated carbocycles. The second kappa shape index (κ2) is 4.47. The zero-order valence-corrected chi connectivity index (χ0v) is 9.24. The van der Waals surface area contributed by atoms with Gasteiger partial charge in [-0.1, -0.05) is 0 Å². The summed E-state index contributed by atoms with van der Waals surface area (Å²) < 4.78 is 100. The third-order valence-electron chi connectivity index (χ3n) is 1.41. The largest absolute Gasteiger partial charge is 0.456 e. The number of halogens is 8. The van der Waals surface area contributed by atoms with Crippen molar-refractivity contribution in [3.63, 3.8) is 0 Å². The van der Waals surface area contributed by atoms with Crippen LogP contribution in [0.2, 0.25) is 13.1 Å². The van der Waals surface area contributed by atoms with Crippen LogP contribution in [0.4, 0.5) is 35.1 Å². The van der Waals surface area contributed by atoms with Crippen molar-refractivity contribution in [1.82, 2.24) is 0 Å². The van der Waals surface area contributed by atoms with Gasteiger partial charge in [0.2, 0.25) is 6.10 Å². The molecular formula is C6H8F8OSi. The molecule has 0 N–H and O–H groups in total. The van der Waals surface area contributed by atoms with Gasteiger partial charge in [-0.3, -0.25) is 0 Å². The van der Waals surface area contributed by atoms with E-state index in [0.29, 0.717) is 0 Å². The molecule has 0 aromatic heterocycles. The fourth-order valence-corrected chi connectivity index (χ4v) is 1.66. The maximum atomic E-state index is 12.5. The quantitative estimate of drug-likeness (QED) is 0.568. The van der Waals surface area contributed by atoms with Gasteiger partial charge in [-0.25, -0.2) is 0 Å². The molecule has 0 radical (unpaired) electrons. The average molecular weight is 276 g/mol. The summed E-state index contributed by atoms with van der Waals surface area (Å²) in [5.41, 5.74) is 0. The topological polar surface area (TPSA) is 9.23 Å². The summed E-state index contributed by atoms with van der Waals surface area (Å²) in [6.45, 7) is 2.12. The van der Waals surface area contributed by atoms with Crippen molar-refractivity contribution >= 4 is 9.04 Å². The SMILES string of the molecule is C[SiH](C)OC(C(F)(F)F)C(F)(F)C(F)(F)F. The van der Waals surface area contributed by atoms with Crippen LogP contribution in [-0.4, -0.2) is 33.4 Å². The molecule has 0 amide bonds. The summed E-state index contributed by atoms with van der Waals surface area (Å²) in [5, 5.41) is 0. The van der Waals surface area contributed by atoms with Crippen molar-refractivity contribution in [2.45, 2.75) is 37.5 Å². The van der Waals surface area contributed by atoms with E-state index < -0.39 is 33.4 Å². The Morgan fingerprint density at radius 3 is 1.44 bits per heavy atom. The third-order valence-corrected chi connectivity index (χ3v) is 2.23. The van der Waals surface area contributed by atoms with E-state index >= 15 is 0 Å². The van der Waals surface area contributed by atoms with Crippen molar-refractivity contribution in [3.05, 3.63) is 0 Å². The molecule has 0 saturated heterocycles. The lowest BCUT2D eigenvalue weighted by atomic mass is 10.2. The van der Waals surface area contributed by atoms with Crippen LogP contribution >= 0.6 is 0 Å². The Morgan fingerprint density at radius 1 is 0.875 bits per heavy atom. The zero-order chi connectivity index (χ0) is 13.4. The molecule has 1 unspecified atom stereocenters. The monoisotopic (exact) mass is 276 g/mol. The number of hydrogen-bond acceptors (Lipinski definition) is 1. The number of alkyl halides is 8. The zero-order valence-electron chi connectivity index (χ0n) is 8.09. The lowest BCUT2D eigenvalue weighted by Gasteiger charge is -2.31. The van der Waals surface area contributed by atoms with Gasteiger partial charge in [0, 0.05) is 0 Å². The summed E-state index contributed by atoms with van der Waals surface area (Å²) in [6.07, 6.45) is -16.2. The van der Waals surface area contributed by atoms with Crippen molar-refractivity contribution in [3.8, 4) is 0 Å². The standard InChI is InChI=1S/C6H8F8OSi/c1-16(2)15-3(5(9,10)11)4(7,8)6(12,13)14/h3,16H,1-2H3. The van der Waals surface area contributed by atoms with E-state index in [2.05, 4.69) is 4.43 Å². The number of rotatable bonds is 3. The summed E-state index contributed by atoms with van der Waals surface area (Å²) in [7, 11) is -2.70. The lowest BCUT2D eigenvalue weighted by molar-refractivity contribution is -0.354. The van der Waals surface area contributed by atoms with Gasteiger partial charge in [0.1, 0.15) is 0 Å². The highest BCUT2D eigenvalue weighted by Crippen LogP contribution is 2.45. The van der Waals surface area contributed by atoms with Crippen LogP contribution in [0.25, 0.3) is 0 Å². The van der Waals surface area contributed by atoms with E-state index in [1.165, 1.54) is 0 Å². The molecule has 0 rings (SSSR count). The van der Waals surface area contributed by atoms with Crippen LogP contribution in [0, 0.1) is 0 Å². The van der Waals surface area contributed by atoms with Gasteiger partial charge >= 0.3 is 18.3 Å². The molecular weight excluding hydrogens is 268 g/mol. The predicted molar refractivity (Wildman–Crippen MR) is 40.8 cm³/mol. The molecule has 0 aromatic carbocycles. The molecule has 0 aliphatic rings. The normalized spacial score (nSPS) is 16.7. The molecule has 0 aliphatic heterocycles. The lowest BCUT2D eigenvalue weighted by Crippen LogP contribution is -2.56. The van der Waals surface area contributed by atoms with Crippen LogP contribution in [0.15, 0.2) is 0 Å². The first-order valence-electron chi connectivity index (χ1n) is 3.97. The Hall–Kier alpha value is -0.383. The van der Waals surface area contributed by atoms with Gasteiger partial charge in [-0.15, -0.1) is 0 Å². The second-order valence-electron chi connectivity index (χ2n) is 3.23. The van der Waals surface area contributed by atoms with Crippen LogP contribution in [0.1, 0.15) is 0 Å². The van der Waals surface area contributed by atoms with Crippen LogP contribution in [0.5, 0.6) is 0 Å². The Balaban J connectivity index is 5.19. The van der Waals surface area contributed by atoms with Crippen LogP contribution in [0.3, 0.4) is 0 Å². The summed E-state index contributed by atoms with van der Waals surface area (Å²) in [5.74, 6) is -5.94. The summed E-state index contributed by atoms with van der Waals surface area (Å²) in [4.78, 5) is 0. The molecule has 0 aliphatic carbocycles. The molecule has 16 heavy (non-hydrogen) atoms. The van der Waals surface area contributed by atoms with Crippen molar-refractivity contribution in [2.75, 3.05) is 0 Å². The molecule has 1 nitrogen and oxygen atoms in total. The minimum Gasteiger partial charge on any atom is -0.404 e. The fraction of sp³-hybridized carbons (Fsp3) is 1.00. The van der Waals surface area contributed by atoms with Crippen molar-refractivity contribution in [2.24, 2.45) is 0 Å². The van der Waals surface area contributed by atoms with Crippen molar-refractivity contribution < 1.29 is 39.5 Å². The molecule has 0 spiro atoms. The van der Waals surface area contributed by atoms with Crippen molar-refractivity contribution in [1.29, 1.82) is 0 Å². The first-order chi connectivity index (χ1) is 6.80. The number of hydrogen-bond donors (Lipinski definition) is 0. The average Bonchev–Trinajstić information content (AvgIpc) is 1.95. The van der Waals surface area contributed by atoms with E-state index in [9.17, 15) is 35.1 Å². The maximum Gasteiger partial charge on any atom is 0.456 e. The van der Waals surface area contributed by atoms with E-state index in [-0.39, 0.29) is 0 Å². The highest BCUT2D eigenvalue weighted by Gasteiger charge is 2.70. The Morgan fingerprint density at radius 2 is 1.25 bits per heavy atom. The molecule has 1 atom stereocenters. The second-order valence-corrected chi connectivity index (χ2v) is 5.60. The van der Waals surface area contributed by atoms with Gasteiger partial charge in [0.25, 0.3) is 0 Å². The highest BCUT2D eigenvalue weighted by molar-refractivity contribution is 6.48. The summed E-state index contributed by atoms with van der Waals surface area (Å²) >= 11 is 0. The summed E-state index contributed by atoms with van der Waals surface area (Å²) in [6, 6.07) is 0. The Bertz CT molecular complexity index is 232. The van der Waals surface area contributed by atoms with Gasteiger partial charge in [-0.05, 0) is 13.1 Å². The van der Waals surface area contributed by atoms with Gasteiger partial charge in [0.05, 0.1) is 0 Å². The Labute approximate surface area is 87.1 Å².